The number of aromatic nitrogens is 1. The van der Waals surface area contributed by atoms with Gasteiger partial charge in [0.2, 0.25) is 0 Å². The van der Waals surface area contributed by atoms with Crippen LogP contribution in [0, 0.1) is 5.92 Å². The van der Waals surface area contributed by atoms with Crippen molar-refractivity contribution in [3.8, 4) is 0 Å². The van der Waals surface area contributed by atoms with Crippen molar-refractivity contribution in [2.75, 3.05) is 26.0 Å². The fourth-order valence-corrected chi connectivity index (χ4v) is 3.08. The van der Waals surface area contributed by atoms with Gasteiger partial charge in [-0.15, -0.1) is 0 Å². The van der Waals surface area contributed by atoms with E-state index in [1.165, 1.54) is 25.7 Å². The molecule has 3 heteroatoms. The van der Waals surface area contributed by atoms with Crippen LogP contribution < -0.4 is 5.32 Å². The molecule has 18 heavy (non-hydrogen) atoms. The number of nitrogens with zero attached hydrogens (tertiary/aromatic N) is 2. The van der Waals surface area contributed by atoms with Gasteiger partial charge in [-0.05, 0) is 45.0 Å². The van der Waals surface area contributed by atoms with Crippen molar-refractivity contribution >= 4 is 5.82 Å². The van der Waals surface area contributed by atoms with Gasteiger partial charge >= 0.3 is 0 Å². The number of hydrogen-bond acceptors (Lipinski definition) is 3. The van der Waals surface area contributed by atoms with Crippen molar-refractivity contribution in [1.29, 1.82) is 0 Å². The Morgan fingerprint density at radius 2 is 2.28 bits per heavy atom. The molecule has 2 atom stereocenters. The van der Waals surface area contributed by atoms with Crippen LogP contribution in [0.1, 0.15) is 32.6 Å². The topological polar surface area (TPSA) is 28.2 Å². The van der Waals surface area contributed by atoms with Gasteiger partial charge in [0.25, 0.3) is 0 Å². The number of likely N-dealkylation sites (N-methyl/N-ethyl adjacent to an activating group) is 1. The number of anilines is 1. The largest absolute Gasteiger partial charge is 0.368 e. The van der Waals surface area contributed by atoms with E-state index in [1.807, 2.05) is 24.4 Å². The molecule has 1 heterocycles. The second kappa shape index (κ2) is 5.70. The molecule has 2 rings (SSSR count). The molecule has 100 valence electrons. The summed E-state index contributed by atoms with van der Waals surface area (Å²) in [6.45, 7) is 3.36. The Kier molecular flexibility index (Phi) is 4.23. The average Bonchev–Trinajstić information content (AvgIpc) is 2.37. The number of hydrogen-bond donors (Lipinski definition) is 1. The predicted molar refractivity (Wildman–Crippen MR) is 76.8 cm³/mol. The van der Waals surface area contributed by atoms with Crippen LogP contribution in [-0.4, -0.2) is 36.1 Å². The number of nitrogens with one attached hydrogen (secondary N) is 1. The Morgan fingerprint density at radius 1 is 1.44 bits per heavy atom. The molecule has 0 aromatic carbocycles. The molecule has 0 amide bonds. The van der Waals surface area contributed by atoms with E-state index in [2.05, 4.69) is 36.2 Å². The molecule has 1 aromatic heterocycles. The summed E-state index contributed by atoms with van der Waals surface area (Å²) in [5, 5.41) is 3.50. The molecule has 0 bridgehead atoms. The van der Waals surface area contributed by atoms with Crippen LogP contribution in [0.2, 0.25) is 0 Å². The molecular formula is C15H25N3. The van der Waals surface area contributed by atoms with E-state index in [4.69, 9.17) is 0 Å². The van der Waals surface area contributed by atoms with Crippen LogP contribution in [0.3, 0.4) is 0 Å². The zero-order valence-electron chi connectivity index (χ0n) is 11.8. The molecule has 1 saturated carbocycles. The second-order valence-electron chi connectivity index (χ2n) is 5.89. The normalized spacial score (nSPS) is 28.3. The smallest absolute Gasteiger partial charge is 0.125 e. The average molecular weight is 247 g/mol. The minimum Gasteiger partial charge on any atom is -0.368 e. The standard InChI is InChI=1S/C15H25N3/c1-13-7-6-9-15(11-13,18(2)3)12-17-14-8-4-5-10-16-14/h4-5,8,10,13H,6-7,9,11-12H2,1-3H3,(H,16,17). The summed E-state index contributed by atoms with van der Waals surface area (Å²) in [7, 11) is 4.41. The zero-order chi connectivity index (χ0) is 13.0. The highest BCUT2D eigenvalue weighted by atomic mass is 15.2. The van der Waals surface area contributed by atoms with Gasteiger partial charge in [0.1, 0.15) is 5.82 Å². The van der Waals surface area contributed by atoms with Crippen LogP contribution in [0.15, 0.2) is 24.4 Å². The van der Waals surface area contributed by atoms with E-state index >= 15 is 0 Å². The van der Waals surface area contributed by atoms with Gasteiger partial charge < -0.3 is 10.2 Å². The van der Waals surface area contributed by atoms with Gasteiger partial charge in [0, 0.05) is 18.3 Å². The first-order valence-corrected chi connectivity index (χ1v) is 6.95. The Morgan fingerprint density at radius 3 is 2.89 bits per heavy atom. The van der Waals surface area contributed by atoms with Crippen molar-refractivity contribution in [2.24, 2.45) is 5.92 Å². The summed E-state index contributed by atoms with van der Waals surface area (Å²) in [4.78, 5) is 6.74. The van der Waals surface area contributed by atoms with Crippen LogP contribution in [0.5, 0.6) is 0 Å². The molecule has 1 aliphatic carbocycles. The van der Waals surface area contributed by atoms with Crippen LogP contribution >= 0.6 is 0 Å². The number of rotatable bonds is 4. The van der Waals surface area contributed by atoms with Crippen molar-refractivity contribution in [3.63, 3.8) is 0 Å². The Labute approximate surface area is 111 Å². The van der Waals surface area contributed by atoms with Gasteiger partial charge in [-0.1, -0.05) is 25.8 Å². The third kappa shape index (κ3) is 3.02. The molecule has 0 aliphatic heterocycles. The van der Waals surface area contributed by atoms with E-state index < -0.39 is 0 Å². The monoisotopic (exact) mass is 247 g/mol. The lowest BCUT2D eigenvalue weighted by molar-refractivity contribution is 0.0881. The lowest BCUT2D eigenvalue weighted by Crippen LogP contribution is -2.52. The molecular weight excluding hydrogens is 222 g/mol. The quantitative estimate of drug-likeness (QED) is 0.886. The minimum atomic E-state index is 0.287. The first-order chi connectivity index (χ1) is 8.62. The maximum Gasteiger partial charge on any atom is 0.125 e. The third-order valence-electron chi connectivity index (χ3n) is 4.28. The van der Waals surface area contributed by atoms with Crippen LogP contribution in [-0.2, 0) is 0 Å². The molecule has 0 radical (unpaired) electrons. The van der Waals surface area contributed by atoms with Gasteiger partial charge in [0.15, 0.2) is 0 Å². The highest BCUT2D eigenvalue weighted by Crippen LogP contribution is 2.35. The molecule has 1 N–H and O–H groups in total. The van der Waals surface area contributed by atoms with Crippen molar-refractivity contribution in [3.05, 3.63) is 24.4 Å². The molecule has 1 aliphatic rings. The van der Waals surface area contributed by atoms with Gasteiger partial charge in [0.05, 0.1) is 0 Å². The SMILES string of the molecule is CC1CCCC(CNc2ccccn2)(N(C)C)C1. The van der Waals surface area contributed by atoms with E-state index in [0.29, 0.717) is 0 Å². The predicted octanol–water partition coefficient (Wildman–Crippen LogP) is 3.00. The molecule has 3 nitrogen and oxygen atoms in total. The molecule has 1 aromatic rings. The van der Waals surface area contributed by atoms with Crippen LogP contribution in [0.25, 0.3) is 0 Å². The highest BCUT2D eigenvalue weighted by Gasteiger charge is 2.36. The Bertz CT molecular complexity index is 363. The fraction of sp³-hybridized carbons (Fsp3) is 0.667. The molecule has 1 fully saturated rings. The Balaban J connectivity index is 2.02. The van der Waals surface area contributed by atoms with Crippen molar-refractivity contribution in [1.82, 2.24) is 9.88 Å². The first kappa shape index (κ1) is 13.3. The maximum atomic E-state index is 4.34. The van der Waals surface area contributed by atoms with E-state index in [9.17, 15) is 0 Å². The van der Waals surface area contributed by atoms with Gasteiger partial charge in [-0.3, -0.25) is 0 Å². The van der Waals surface area contributed by atoms with E-state index in [1.54, 1.807) is 0 Å². The summed E-state index contributed by atoms with van der Waals surface area (Å²) in [6.07, 6.45) is 7.11. The zero-order valence-corrected chi connectivity index (χ0v) is 11.8. The van der Waals surface area contributed by atoms with Crippen molar-refractivity contribution < 1.29 is 0 Å². The highest BCUT2D eigenvalue weighted by molar-refractivity contribution is 5.34. The Hall–Kier alpha value is -1.09. The third-order valence-corrected chi connectivity index (χ3v) is 4.28. The second-order valence-corrected chi connectivity index (χ2v) is 5.89. The van der Waals surface area contributed by atoms with Gasteiger partial charge in [-0.25, -0.2) is 4.98 Å². The lowest BCUT2D eigenvalue weighted by atomic mass is 9.75. The first-order valence-electron chi connectivity index (χ1n) is 6.95. The molecule has 0 spiro atoms. The van der Waals surface area contributed by atoms with E-state index in [0.717, 1.165) is 18.3 Å². The van der Waals surface area contributed by atoms with Crippen molar-refractivity contribution in [2.45, 2.75) is 38.1 Å². The van der Waals surface area contributed by atoms with E-state index in [-0.39, 0.29) is 5.54 Å². The number of pyridine rings is 1. The summed E-state index contributed by atoms with van der Waals surface area (Å²) >= 11 is 0. The summed E-state index contributed by atoms with van der Waals surface area (Å²) in [5.41, 5.74) is 0.287. The maximum absolute atomic E-state index is 4.34. The fourth-order valence-electron chi connectivity index (χ4n) is 3.08. The molecule has 2 unspecified atom stereocenters. The van der Waals surface area contributed by atoms with Gasteiger partial charge in [-0.2, -0.15) is 0 Å². The summed E-state index contributed by atoms with van der Waals surface area (Å²) in [6, 6.07) is 6.02. The minimum absolute atomic E-state index is 0.287. The summed E-state index contributed by atoms with van der Waals surface area (Å²) < 4.78 is 0. The molecule has 0 saturated heterocycles. The van der Waals surface area contributed by atoms with Crippen LogP contribution in [0.4, 0.5) is 5.82 Å². The summed E-state index contributed by atoms with van der Waals surface area (Å²) in [5.74, 6) is 1.81. The lowest BCUT2D eigenvalue weighted by Gasteiger charge is -2.45.